The molecule has 5 nitrogen and oxygen atoms in total. The average Bonchev–Trinajstić information content (AvgIpc) is 2.98. The van der Waals surface area contributed by atoms with Gasteiger partial charge in [-0.3, -0.25) is 9.69 Å². The van der Waals surface area contributed by atoms with E-state index in [9.17, 15) is 17.6 Å². The Labute approximate surface area is 173 Å². The van der Waals surface area contributed by atoms with Crippen molar-refractivity contribution in [2.75, 3.05) is 6.54 Å². The van der Waals surface area contributed by atoms with Crippen molar-refractivity contribution in [1.29, 1.82) is 0 Å². The lowest BCUT2D eigenvalue weighted by Crippen LogP contribution is -2.29. The highest BCUT2D eigenvalue weighted by atomic mass is 32.2. The molecule has 150 valence electrons. The summed E-state index contributed by atoms with van der Waals surface area (Å²) in [6.45, 7) is 5.66. The first kappa shape index (κ1) is 21.0. The Morgan fingerprint density at radius 3 is 2.48 bits per heavy atom. The van der Waals surface area contributed by atoms with Crippen LogP contribution in [0.5, 0.6) is 0 Å². The van der Waals surface area contributed by atoms with E-state index >= 15 is 0 Å². The lowest BCUT2D eigenvalue weighted by atomic mass is 10.2. The van der Waals surface area contributed by atoms with Crippen molar-refractivity contribution in [1.82, 2.24) is 4.90 Å². The number of benzene rings is 2. The first-order chi connectivity index (χ1) is 13.9. The molecule has 0 aromatic heterocycles. The van der Waals surface area contributed by atoms with Crippen LogP contribution in [0, 0.1) is 5.82 Å². The van der Waals surface area contributed by atoms with Gasteiger partial charge in [0.25, 0.3) is 15.9 Å². The number of rotatable bonds is 6. The number of thioether (sulfide) groups is 1. The van der Waals surface area contributed by atoms with Crippen LogP contribution >= 0.6 is 11.8 Å². The Balaban J connectivity index is 1.99. The van der Waals surface area contributed by atoms with Crippen LogP contribution in [-0.2, 0) is 21.2 Å². The van der Waals surface area contributed by atoms with E-state index in [1.807, 2.05) is 6.92 Å². The van der Waals surface area contributed by atoms with Gasteiger partial charge in [0.2, 0.25) is 0 Å². The number of nitrogens with zero attached hydrogens (tertiary/aromatic N) is 2. The fourth-order valence-electron chi connectivity index (χ4n) is 2.65. The molecule has 8 heteroatoms. The third-order valence-corrected chi connectivity index (χ3v) is 6.62. The van der Waals surface area contributed by atoms with E-state index in [1.165, 1.54) is 41.3 Å². The summed E-state index contributed by atoms with van der Waals surface area (Å²) < 4.78 is 43.3. The molecule has 0 unspecified atom stereocenters. The van der Waals surface area contributed by atoms with Gasteiger partial charge in [0.15, 0.2) is 5.17 Å². The summed E-state index contributed by atoms with van der Waals surface area (Å²) in [5, 5.41) is 0.0112. The number of hydrogen-bond acceptors (Lipinski definition) is 4. The SMILES string of the molecule is C=CCN1C(=O)/C(=C\c2ccccc2F)S/C1=N\S(=O)(=O)c1ccc(CC)cc1. The van der Waals surface area contributed by atoms with Gasteiger partial charge >= 0.3 is 0 Å². The van der Waals surface area contributed by atoms with E-state index in [0.717, 1.165) is 23.7 Å². The number of carbonyl (C=O) groups excluding carboxylic acids is 1. The first-order valence-electron chi connectivity index (χ1n) is 8.86. The molecule has 3 rings (SSSR count). The van der Waals surface area contributed by atoms with Gasteiger partial charge in [-0.05, 0) is 48.0 Å². The summed E-state index contributed by atoms with van der Waals surface area (Å²) in [7, 11) is -4.01. The Morgan fingerprint density at radius 1 is 1.17 bits per heavy atom. The average molecular weight is 431 g/mol. The highest BCUT2D eigenvalue weighted by Gasteiger charge is 2.34. The molecule has 0 atom stereocenters. The molecule has 29 heavy (non-hydrogen) atoms. The van der Waals surface area contributed by atoms with Crippen molar-refractivity contribution in [2.45, 2.75) is 18.2 Å². The molecule has 2 aromatic carbocycles. The van der Waals surface area contributed by atoms with Crippen LogP contribution in [0.3, 0.4) is 0 Å². The maximum Gasteiger partial charge on any atom is 0.284 e. The maximum atomic E-state index is 13.9. The predicted octanol–water partition coefficient (Wildman–Crippen LogP) is 4.24. The summed E-state index contributed by atoms with van der Waals surface area (Å²) in [5.41, 5.74) is 1.24. The molecular formula is C21H19FN2O3S2. The highest BCUT2D eigenvalue weighted by Crippen LogP contribution is 2.34. The largest absolute Gasteiger partial charge is 0.284 e. The third kappa shape index (κ3) is 4.65. The second-order valence-corrected chi connectivity index (χ2v) is 8.80. The molecule has 0 N–H and O–H groups in total. The lowest BCUT2D eigenvalue weighted by molar-refractivity contribution is -0.121. The van der Waals surface area contributed by atoms with Crippen LogP contribution in [0.4, 0.5) is 4.39 Å². The fourth-order valence-corrected chi connectivity index (χ4v) is 4.83. The molecule has 2 aromatic rings. The number of carbonyl (C=O) groups is 1. The number of amides is 1. The molecule has 0 bridgehead atoms. The van der Waals surface area contributed by atoms with Crippen LogP contribution in [0.25, 0.3) is 6.08 Å². The minimum Gasteiger partial charge on any atom is -0.282 e. The Morgan fingerprint density at radius 2 is 1.86 bits per heavy atom. The van der Waals surface area contributed by atoms with E-state index < -0.39 is 21.7 Å². The van der Waals surface area contributed by atoms with Crippen molar-refractivity contribution in [2.24, 2.45) is 4.40 Å². The molecule has 0 saturated carbocycles. The van der Waals surface area contributed by atoms with E-state index in [4.69, 9.17) is 0 Å². The monoisotopic (exact) mass is 430 g/mol. The molecule has 1 amide bonds. The van der Waals surface area contributed by atoms with Crippen LogP contribution in [0.1, 0.15) is 18.1 Å². The van der Waals surface area contributed by atoms with Crippen LogP contribution in [-0.4, -0.2) is 30.9 Å². The van der Waals surface area contributed by atoms with Crippen LogP contribution in [0.2, 0.25) is 0 Å². The Bertz CT molecular complexity index is 1110. The van der Waals surface area contributed by atoms with E-state index in [2.05, 4.69) is 11.0 Å². The predicted molar refractivity (Wildman–Crippen MR) is 114 cm³/mol. The number of aryl methyl sites for hydroxylation is 1. The summed E-state index contributed by atoms with van der Waals surface area (Å²) in [5.74, 6) is -0.925. The van der Waals surface area contributed by atoms with Crippen molar-refractivity contribution < 1.29 is 17.6 Å². The second-order valence-electron chi connectivity index (χ2n) is 6.18. The molecule has 0 radical (unpaired) electrons. The highest BCUT2D eigenvalue weighted by molar-refractivity contribution is 8.19. The van der Waals surface area contributed by atoms with Gasteiger partial charge in [-0.1, -0.05) is 43.3 Å². The van der Waals surface area contributed by atoms with Crippen molar-refractivity contribution >= 4 is 38.9 Å². The third-order valence-electron chi connectivity index (χ3n) is 4.22. The van der Waals surface area contributed by atoms with Gasteiger partial charge in [-0.15, -0.1) is 11.0 Å². The standard InChI is InChI=1S/C21H19FN2O3S2/c1-3-13-24-20(25)19(14-16-7-5-6-8-18(16)22)28-21(24)23-29(26,27)17-11-9-15(4-2)10-12-17/h3,5-12,14H,1,4,13H2,2H3/b19-14+,23-21-. The second kappa shape index (κ2) is 8.75. The summed E-state index contributed by atoms with van der Waals surface area (Å²) in [6, 6.07) is 12.5. The summed E-state index contributed by atoms with van der Waals surface area (Å²) in [6.07, 6.45) is 3.66. The van der Waals surface area contributed by atoms with E-state index in [-0.39, 0.29) is 27.1 Å². The first-order valence-corrected chi connectivity index (χ1v) is 11.1. The Hall–Kier alpha value is -2.71. The van der Waals surface area contributed by atoms with Gasteiger partial charge in [0, 0.05) is 12.1 Å². The molecule has 1 fully saturated rings. The molecule has 1 aliphatic rings. The summed E-state index contributed by atoms with van der Waals surface area (Å²) in [4.78, 5) is 14.2. The molecular weight excluding hydrogens is 411 g/mol. The van der Waals surface area contributed by atoms with E-state index in [0.29, 0.717) is 0 Å². The zero-order chi connectivity index (χ0) is 21.0. The van der Waals surface area contributed by atoms with Gasteiger partial charge in [0.1, 0.15) is 5.82 Å². The number of amidine groups is 1. The zero-order valence-corrected chi connectivity index (χ0v) is 17.3. The topological polar surface area (TPSA) is 66.8 Å². The summed E-state index contributed by atoms with van der Waals surface area (Å²) >= 11 is 0.893. The quantitative estimate of drug-likeness (QED) is 0.508. The number of sulfonamides is 1. The van der Waals surface area contributed by atoms with E-state index in [1.54, 1.807) is 24.3 Å². The fraction of sp³-hybridized carbons (Fsp3) is 0.143. The molecule has 0 aliphatic carbocycles. The van der Waals surface area contributed by atoms with Gasteiger partial charge in [0.05, 0.1) is 9.80 Å². The number of halogens is 1. The Kier molecular flexibility index (Phi) is 6.34. The molecule has 0 spiro atoms. The molecule has 1 aliphatic heterocycles. The van der Waals surface area contributed by atoms with Gasteiger partial charge in [-0.25, -0.2) is 4.39 Å². The smallest absolute Gasteiger partial charge is 0.282 e. The van der Waals surface area contributed by atoms with Crippen molar-refractivity contribution in [3.8, 4) is 0 Å². The molecule has 1 saturated heterocycles. The minimum atomic E-state index is -4.01. The van der Waals surface area contributed by atoms with Crippen molar-refractivity contribution in [3.63, 3.8) is 0 Å². The van der Waals surface area contributed by atoms with Gasteiger partial charge < -0.3 is 0 Å². The minimum absolute atomic E-state index is 0.0112. The lowest BCUT2D eigenvalue weighted by Gasteiger charge is -2.12. The normalized spacial score (nSPS) is 17.3. The van der Waals surface area contributed by atoms with Crippen LogP contribution in [0.15, 0.2) is 75.4 Å². The number of hydrogen-bond donors (Lipinski definition) is 0. The van der Waals surface area contributed by atoms with Crippen LogP contribution < -0.4 is 0 Å². The zero-order valence-electron chi connectivity index (χ0n) is 15.7. The maximum absolute atomic E-state index is 13.9. The van der Waals surface area contributed by atoms with Crippen molar-refractivity contribution in [3.05, 3.63) is 83.0 Å². The molecule has 1 heterocycles. The van der Waals surface area contributed by atoms with Gasteiger partial charge in [-0.2, -0.15) is 8.42 Å².